The molecule has 1 aromatic carbocycles. The van der Waals surface area contributed by atoms with Crippen molar-refractivity contribution in [1.82, 2.24) is 20.5 Å². The van der Waals surface area contributed by atoms with Gasteiger partial charge in [-0.3, -0.25) is 9.59 Å². The van der Waals surface area contributed by atoms with E-state index in [-0.39, 0.29) is 11.8 Å². The first-order chi connectivity index (χ1) is 15.7. The van der Waals surface area contributed by atoms with E-state index in [1.165, 1.54) is 11.8 Å². The molecular weight excluding hydrogens is 420 g/mol. The van der Waals surface area contributed by atoms with Gasteiger partial charge in [-0.1, -0.05) is 36.0 Å². The molecule has 166 valence electrons. The van der Waals surface area contributed by atoms with E-state index in [4.69, 9.17) is 0 Å². The molecule has 1 aromatic heterocycles. The fourth-order valence-corrected chi connectivity index (χ4v) is 4.75. The van der Waals surface area contributed by atoms with Crippen LogP contribution in [-0.2, 0) is 4.79 Å². The first kappa shape index (κ1) is 22.3. The Hall–Kier alpha value is -2.90. The molecule has 1 fully saturated rings. The number of rotatable bonds is 6. The summed E-state index contributed by atoms with van der Waals surface area (Å²) in [6.45, 7) is 3.30. The van der Waals surface area contributed by atoms with Crippen molar-refractivity contribution in [3.05, 3.63) is 77.6 Å². The molecule has 2 aromatic rings. The van der Waals surface area contributed by atoms with Crippen LogP contribution in [0.4, 0.5) is 0 Å². The van der Waals surface area contributed by atoms with Gasteiger partial charge in [0.1, 0.15) is 5.03 Å². The number of hydrogen-bond donors (Lipinski definition) is 2. The number of benzene rings is 1. The van der Waals surface area contributed by atoms with Gasteiger partial charge >= 0.3 is 0 Å². The van der Waals surface area contributed by atoms with Crippen LogP contribution in [0, 0.1) is 0 Å². The Morgan fingerprint density at radius 2 is 1.97 bits per heavy atom. The minimum atomic E-state index is -0.206. The van der Waals surface area contributed by atoms with Crippen LogP contribution in [0.1, 0.15) is 36.0 Å². The Morgan fingerprint density at radius 3 is 2.84 bits per heavy atom. The number of amides is 2. The van der Waals surface area contributed by atoms with Crippen molar-refractivity contribution in [3.63, 3.8) is 0 Å². The van der Waals surface area contributed by atoms with Crippen LogP contribution in [0.2, 0.25) is 0 Å². The van der Waals surface area contributed by atoms with Gasteiger partial charge in [-0.25, -0.2) is 4.98 Å². The molecule has 0 radical (unpaired) electrons. The van der Waals surface area contributed by atoms with Crippen LogP contribution in [0.5, 0.6) is 0 Å². The predicted molar refractivity (Wildman–Crippen MR) is 126 cm³/mol. The molecule has 1 aliphatic heterocycles. The van der Waals surface area contributed by atoms with Crippen LogP contribution in [-0.4, -0.2) is 47.9 Å². The average Bonchev–Trinajstić information content (AvgIpc) is 3.11. The van der Waals surface area contributed by atoms with E-state index in [1.54, 1.807) is 18.3 Å². The summed E-state index contributed by atoms with van der Waals surface area (Å²) in [4.78, 5) is 33.4. The SMILES string of the molecule is O=C(NC1=C(CC(=O)N2CCCNCC2)CCC=C1)c1cccnc1Sc1ccccc1. The zero-order chi connectivity index (χ0) is 22.2. The second kappa shape index (κ2) is 11.1. The Morgan fingerprint density at radius 1 is 1.09 bits per heavy atom. The molecule has 7 heteroatoms. The Labute approximate surface area is 193 Å². The van der Waals surface area contributed by atoms with E-state index in [0.29, 0.717) is 17.0 Å². The van der Waals surface area contributed by atoms with Gasteiger partial charge in [0.2, 0.25) is 5.91 Å². The van der Waals surface area contributed by atoms with E-state index in [2.05, 4.69) is 15.6 Å². The molecule has 1 saturated heterocycles. The number of nitrogens with zero attached hydrogens (tertiary/aromatic N) is 2. The highest BCUT2D eigenvalue weighted by Gasteiger charge is 2.21. The highest BCUT2D eigenvalue weighted by Crippen LogP contribution is 2.29. The maximum Gasteiger partial charge on any atom is 0.258 e. The van der Waals surface area contributed by atoms with Crippen LogP contribution in [0.25, 0.3) is 0 Å². The van der Waals surface area contributed by atoms with Gasteiger partial charge in [0.25, 0.3) is 5.91 Å². The van der Waals surface area contributed by atoms with Crippen LogP contribution >= 0.6 is 11.8 Å². The molecule has 2 N–H and O–H groups in total. The van der Waals surface area contributed by atoms with Crippen molar-refractivity contribution < 1.29 is 9.59 Å². The monoisotopic (exact) mass is 448 g/mol. The molecule has 2 heterocycles. The molecule has 0 spiro atoms. The van der Waals surface area contributed by atoms with Crippen LogP contribution in [0.15, 0.2) is 82.0 Å². The maximum atomic E-state index is 13.2. The first-order valence-corrected chi connectivity index (χ1v) is 11.9. The van der Waals surface area contributed by atoms with Crippen molar-refractivity contribution in [2.24, 2.45) is 0 Å². The highest BCUT2D eigenvalue weighted by atomic mass is 32.2. The van der Waals surface area contributed by atoms with E-state index in [0.717, 1.165) is 61.6 Å². The Balaban J connectivity index is 1.49. The highest BCUT2D eigenvalue weighted by molar-refractivity contribution is 7.99. The fraction of sp³-hybridized carbons (Fsp3) is 0.320. The fourth-order valence-electron chi connectivity index (χ4n) is 3.85. The van der Waals surface area contributed by atoms with Gasteiger partial charge in [0.05, 0.1) is 12.0 Å². The number of carbonyl (C=O) groups excluding carboxylic acids is 2. The molecule has 2 amide bonds. The third-order valence-electron chi connectivity index (χ3n) is 5.56. The second-order valence-electron chi connectivity index (χ2n) is 7.84. The number of nitrogens with one attached hydrogen (secondary N) is 2. The lowest BCUT2D eigenvalue weighted by Gasteiger charge is -2.23. The summed E-state index contributed by atoms with van der Waals surface area (Å²) < 4.78 is 0. The van der Waals surface area contributed by atoms with Gasteiger partial charge in [-0.2, -0.15) is 0 Å². The zero-order valence-corrected chi connectivity index (χ0v) is 18.9. The quantitative estimate of drug-likeness (QED) is 0.704. The normalized spacial score (nSPS) is 16.6. The summed E-state index contributed by atoms with van der Waals surface area (Å²) in [6.07, 6.45) is 8.64. The van der Waals surface area contributed by atoms with Gasteiger partial charge in [-0.15, -0.1) is 0 Å². The summed E-state index contributed by atoms with van der Waals surface area (Å²) in [5.41, 5.74) is 2.25. The Kier molecular flexibility index (Phi) is 7.74. The van der Waals surface area contributed by atoms with Crippen molar-refractivity contribution in [3.8, 4) is 0 Å². The van der Waals surface area contributed by atoms with Gasteiger partial charge < -0.3 is 15.5 Å². The van der Waals surface area contributed by atoms with Gasteiger partial charge in [0.15, 0.2) is 0 Å². The first-order valence-electron chi connectivity index (χ1n) is 11.1. The van der Waals surface area contributed by atoms with Crippen molar-refractivity contribution in [1.29, 1.82) is 0 Å². The lowest BCUT2D eigenvalue weighted by molar-refractivity contribution is -0.130. The van der Waals surface area contributed by atoms with Crippen molar-refractivity contribution in [2.45, 2.75) is 35.6 Å². The number of pyridine rings is 1. The molecule has 32 heavy (non-hydrogen) atoms. The number of allylic oxidation sites excluding steroid dienone is 2. The summed E-state index contributed by atoms with van der Waals surface area (Å²) in [6, 6.07) is 13.4. The number of hydrogen-bond acceptors (Lipinski definition) is 5. The van der Waals surface area contributed by atoms with Crippen molar-refractivity contribution in [2.75, 3.05) is 26.2 Å². The van der Waals surface area contributed by atoms with Gasteiger partial charge in [-0.05, 0) is 61.7 Å². The minimum absolute atomic E-state index is 0.132. The molecule has 1 aliphatic carbocycles. The largest absolute Gasteiger partial charge is 0.341 e. The van der Waals surface area contributed by atoms with Crippen LogP contribution < -0.4 is 10.6 Å². The van der Waals surface area contributed by atoms with Crippen molar-refractivity contribution >= 4 is 23.6 Å². The zero-order valence-electron chi connectivity index (χ0n) is 18.0. The molecule has 0 bridgehead atoms. The standard InChI is InChI=1S/C25H28N4O2S/c30-23(29-16-7-13-26-15-17-29)18-19-8-4-5-12-22(19)28-24(31)21-11-6-14-27-25(21)32-20-9-2-1-3-10-20/h1-3,5-6,9-12,14,26H,4,7-8,13,15-18H2,(H,28,31). The minimum Gasteiger partial charge on any atom is -0.341 e. The van der Waals surface area contributed by atoms with Gasteiger partial charge in [0, 0.05) is 36.4 Å². The smallest absolute Gasteiger partial charge is 0.258 e. The molecular formula is C25H28N4O2S. The Bertz CT molecular complexity index is 1010. The molecule has 2 aliphatic rings. The summed E-state index contributed by atoms with van der Waals surface area (Å²) in [5, 5.41) is 7.04. The topological polar surface area (TPSA) is 74.3 Å². The molecule has 0 atom stereocenters. The number of aromatic nitrogens is 1. The molecule has 6 nitrogen and oxygen atoms in total. The summed E-state index contributed by atoms with van der Waals surface area (Å²) in [7, 11) is 0. The third-order valence-corrected chi connectivity index (χ3v) is 6.58. The number of carbonyl (C=O) groups is 2. The molecule has 4 rings (SSSR count). The van der Waals surface area contributed by atoms with E-state index < -0.39 is 0 Å². The van der Waals surface area contributed by atoms with E-state index in [1.807, 2.05) is 47.4 Å². The van der Waals surface area contributed by atoms with Crippen LogP contribution in [0.3, 0.4) is 0 Å². The lowest BCUT2D eigenvalue weighted by Crippen LogP contribution is -2.35. The lowest BCUT2D eigenvalue weighted by atomic mass is 9.98. The second-order valence-corrected chi connectivity index (χ2v) is 8.91. The third kappa shape index (κ3) is 5.87. The summed E-state index contributed by atoms with van der Waals surface area (Å²) >= 11 is 1.46. The van der Waals surface area contributed by atoms with E-state index in [9.17, 15) is 9.59 Å². The average molecular weight is 449 g/mol. The summed E-state index contributed by atoms with van der Waals surface area (Å²) in [5.74, 6) is -0.0746. The maximum absolute atomic E-state index is 13.2. The predicted octanol–water partition coefficient (Wildman–Crippen LogP) is 3.78. The molecule has 0 saturated carbocycles. The van der Waals surface area contributed by atoms with E-state index >= 15 is 0 Å². The molecule has 0 unspecified atom stereocenters.